The Morgan fingerprint density at radius 1 is 1.62 bits per heavy atom. The summed E-state index contributed by atoms with van der Waals surface area (Å²) in [5.74, 6) is -0.504. The van der Waals surface area contributed by atoms with Crippen molar-refractivity contribution in [3.8, 4) is 0 Å². The van der Waals surface area contributed by atoms with Gasteiger partial charge < -0.3 is 9.47 Å². The Hall–Kier alpha value is -0.600. The van der Waals surface area contributed by atoms with Crippen LogP contribution in [0.4, 0.5) is 0 Å². The summed E-state index contributed by atoms with van der Waals surface area (Å²) in [6.07, 6.45) is 4.64. The summed E-state index contributed by atoms with van der Waals surface area (Å²) >= 11 is 0. The van der Waals surface area contributed by atoms with Crippen molar-refractivity contribution in [2.75, 3.05) is 7.11 Å². The molecule has 0 spiro atoms. The zero-order chi connectivity index (χ0) is 10.1. The van der Waals surface area contributed by atoms with E-state index in [1.54, 1.807) is 13.2 Å². The van der Waals surface area contributed by atoms with E-state index < -0.39 is 5.79 Å². The molecule has 2 unspecified atom stereocenters. The molecule has 0 aromatic rings. The summed E-state index contributed by atoms with van der Waals surface area (Å²) in [4.78, 5) is 0. The predicted octanol–water partition coefficient (Wildman–Crippen LogP) is 2.66. The van der Waals surface area contributed by atoms with E-state index in [2.05, 4.69) is 20.4 Å². The van der Waals surface area contributed by atoms with Crippen LogP contribution in [0.3, 0.4) is 0 Å². The van der Waals surface area contributed by atoms with E-state index in [4.69, 9.17) is 9.47 Å². The number of rotatable bonds is 4. The van der Waals surface area contributed by atoms with Crippen LogP contribution in [0.15, 0.2) is 24.3 Å². The lowest BCUT2D eigenvalue weighted by molar-refractivity contribution is 0.0200. The van der Waals surface area contributed by atoms with E-state index in [1.807, 2.05) is 13.0 Å². The van der Waals surface area contributed by atoms with Crippen LogP contribution in [0.1, 0.15) is 27.2 Å². The van der Waals surface area contributed by atoms with Gasteiger partial charge in [-0.15, -0.1) is 0 Å². The lowest BCUT2D eigenvalue weighted by Crippen LogP contribution is -2.26. The highest BCUT2D eigenvalue weighted by Crippen LogP contribution is 2.54. The molecule has 13 heavy (non-hydrogen) atoms. The van der Waals surface area contributed by atoms with Crippen LogP contribution in [-0.2, 0) is 9.47 Å². The molecular formula is C11H18O2. The summed E-state index contributed by atoms with van der Waals surface area (Å²) in [5.41, 5.74) is 0.917. The highest BCUT2D eigenvalue weighted by Gasteiger charge is 2.67. The molecule has 0 aliphatic carbocycles. The molecule has 0 aromatic carbocycles. The SMILES string of the molecule is C=C/C=C(\C)C1(OC)OC1(C)CC. The molecule has 0 radical (unpaired) electrons. The van der Waals surface area contributed by atoms with Gasteiger partial charge in [0.1, 0.15) is 5.60 Å². The highest BCUT2D eigenvalue weighted by molar-refractivity contribution is 5.29. The quantitative estimate of drug-likeness (QED) is 0.492. The maximum atomic E-state index is 5.67. The van der Waals surface area contributed by atoms with E-state index in [-0.39, 0.29) is 5.60 Å². The van der Waals surface area contributed by atoms with Crippen LogP contribution in [0.25, 0.3) is 0 Å². The second-order valence-electron chi connectivity index (χ2n) is 3.59. The molecule has 2 nitrogen and oxygen atoms in total. The topological polar surface area (TPSA) is 21.8 Å². The van der Waals surface area contributed by atoms with Crippen LogP contribution >= 0.6 is 0 Å². The smallest absolute Gasteiger partial charge is 0.221 e. The van der Waals surface area contributed by atoms with Gasteiger partial charge in [-0.2, -0.15) is 0 Å². The molecule has 0 amide bonds. The number of hydrogen-bond donors (Lipinski definition) is 0. The Bertz CT molecular complexity index is 244. The maximum Gasteiger partial charge on any atom is 0.221 e. The molecule has 2 heteroatoms. The van der Waals surface area contributed by atoms with Crippen molar-refractivity contribution < 1.29 is 9.47 Å². The largest absolute Gasteiger partial charge is 0.347 e. The number of ether oxygens (including phenoxy) is 2. The molecule has 0 N–H and O–H groups in total. The Kier molecular flexibility index (Phi) is 2.64. The summed E-state index contributed by atoms with van der Waals surface area (Å²) in [6.45, 7) is 9.83. The molecule has 0 aromatic heterocycles. The van der Waals surface area contributed by atoms with Crippen LogP contribution in [0.5, 0.6) is 0 Å². The first-order valence-electron chi connectivity index (χ1n) is 4.61. The minimum atomic E-state index is -0.504. The van der Waals surface area contributed by atoms with Crippen molar-refractivity contribution in [2.24, 2.45) is 0 Å². The van der Waals surface area contributed by atoms with Crippen molar-refractivity contribution in [3.05, 3.63) is 24.3 Å². The van der Waals surface area contributed by atoms with Crippen molar-refractivity contribution in [1.82, 2.24) is 0 Å². The van der Waals surface area contributed by atoms with Crippen molar-refractivity contribution in [1.29, 1.82) is 0 Å². The summed E-state index contributed by atoms with van der Waals surface area (Å²) in [5, 5.41) is 0. The molecule has 74 valence electrons. The fourth-order valence-electron chi connectivity index (χ4n) is 1.80. The summed E-state index contributed by atoms with van der Waals surface area (Å²) in [7, 11) is 1.68. The normalized spacial score (nSPS) is 38.9. The third-order valence-corrected chi connectivity index (χ3v) is 2.87. The van der Waals surface area contributed by atoms with Crippen molar-refractivity contribution in [3.63, 3.8) is 0 Å². The van der Waals surface area contributed by atoms with E-state index in [0.29, 0.717) is 0 Å². The van der Waals surface area contributed by atoms with E-state index in [9.17, 15) is 0 Å². The lowest BCUT2D eigenvalue weighted by atomic mass is 9.95. The zero-order valence-corrected chi connectivity index (χ0v) is 8.89. The van der Waals surface area contributed by atoms with E-state index in [1.165, 1.54) is 0 Å². The first-order chi connectivity index (χ1) is 6.06. The standard InChI is InChI=1S/C11H18O2/c1-6-8-9(3)11(12-5)10(4,7-2)13-11/h6,8H,1,7H2,2-5H3/b9-8+. The fourth-order valence-corrected chi connectivity index (χ4v) is 1.80. The van der Waals surface area contributed by atoms with Gasteiger partial charge in [-0.25, -0.2) is 0 Å². The van der Waals surface area contributed by atoms with Crippen LogP contribution < -0.4 is 0 Å². The molecular weight excluding hydrogens is 164 g/mol. The fraction of sp³-hybridized carbons (Fsp3) is 0.636. The molecule has 1 heterocycles. The number of hydrogen-bond acceptors (Lipinski definition) is 2. The van der Waals surface area contributed by atoms with E-state index >= 15 is 0 Å². The first-order valence-corrected chi connectivity index (χ1v) is 4.61. The molecule has 1 aliphatic heterocycles. The zero-order valence-electron chi connectivity index (χ0n) is 8.89. The molecule has 0 bridgehead atoms. The second-order valence-corrected chi connectivity index (χ2v) is 3.59. The molecule has 1 aliphatic rings. The third-order valence-electron chi connectivity index (χ3n) is 2.87. The summed E-state index contributed by atoms with van der Waals surface area (Å²) < 4.78 is 11.1. The average Bonchev–Trinajstić information content (AvgIpc) is 2.75. The minimum absolute atomic E-state index is 0.161. The van der Waals surface area contributed by atoms with Crippen LogP contribution in [0.2, 0.25) is 0 Å². The second kappa shape index (κ2) is 3.28. The van der Waals surface area contributed by atoms with Gasteiger partial charge in [0.2, 0.25) is 5.79 Å². The Labute approximate surface area is 80.2 Å². The Balaban J connectivity index is 2.88. The average molecular weight is 182 g/mol. The Morgan fingerprint density at radius 2 is 2.23 bits per heavy atom. The molecule has 1 saturated heterocycles. The van der Waals surface area contributed by atoms with Gasteiger partial charge in [0.25, 0.3) is 0 Å². The highest BCUT2D eigenvalue weighted by atomic mass is 16.8. The van der Waals surface area contributed by atoms with Gasteiger partial charge in [0, 0.05) is 7.11 Å². The van der Waals surface area contributed by atoms with Crippen molar-refractivity contribution >= 4 is 0 Å². The number of epoxide rings is 1. The van der Waals surface area contributed by atoms with Gasteiger partial charge in [0.15, 0.2) is 0 Å². The summed E-state index contributed by atoms with van der Waals surface area (Å²) in [6, 6.07) is 0. The van der Waals surface area contributed by atoms with Gasteiger partial charge in [-0.3, -0.25) is 0 Å². The first kappa shape index (κ1) is 10.5. The Morgan fingerprint density at radius 3 is 2.54 bits per heavy atom. The van der Waals surface area contributed by atoms with Crippen molar-refractivity contribution in [2.45, 2.75) is 38.6 Å². The maximum absolute atomic E-state index is 5.67. The molecule has 1 fully saturated rings. The number of allylic oxidation sites excluding steroid dienone is 2. The predicted molar refractivity (Wildman–Crippen MR) is 53.5 cm³/mol. The third kappa shape index (κ3) is 1.34. The van der Waals surface area contributed by atoms with E-state index in [0.717, 1.165) is 12.0 Å². The van der Waals surface area contributed by atoms with Crippen LogP contribution in [0, 0.1) is 0 Å². The van der Waals surface area contributed by atoms with Crippen LogP contribution in [-0.4, -0.2) is 18.5 Å². The molecule has 0 saturated carbocycles. The van der Waals surface area contributed by atoms with Gasteiger partial charge >= 0.3 is 0 Å². The molecule has 2 atom stereocenters. The monoisotopic (exact) mass is 182 g/mol. The molecule has 1 rings (SSSR count). The van der Waals surface area contributed by atoms with Gasteiger partial charge in [0.05, 0.1) is 0 Å². The van der Waals surface area contributed by atoms with Gasteiger partial charge in [-0.1, -0.05) is 25.7 Å². The lowest BCUT2D eigenvalue weighted by Gasteiger charge is -2.14. The number of methoxy groups -OCH3 is 1. The minimum Gasteiger partial charge on any atom is -0.347 e. The van der Waals surface area contributed by atoms with Gasteiger partial charge in [-0.05, 0) is 25.8 Å².